The lowest BCUT2D eigenvalue weighted by Gasteiger charge is -1.98. The van der Waals surface area contributed by atoms with E-state index in [-0.39, 0.29) is 17.3 Å². The van der Waals surface area contributed by atoms with E-state index in [4.69, 9.17) is 0 Å². The second-order valence-electron chi connectivity index (χ2n) is 4.66. The van der Waals surface area contributed by atoms with Crippen LogP contribution in [0.5, 0.6) is 0 Å². The molecule has 0 bridgehead atoms. The van der Waals surface area contributed by atoms with Crippen LogP contribution in [-0.2, 0) is 4.79 Å². The molecule has 2 aromatic carbocycles. The number of hydrogen-bond donors (Lipinski definition) is 1. The topological polar surface area (TPSA) is 84.6 Å². The molecule has 22 heavy (non-hydrogen) atoms. The number of amidine groups is 1. The molecule has 1 aliphatic rings. The molecule has 0 fully saturated rings. The van der Waals surface area contributed by atoms with Gasteiger partial charge in [-0.05, 0) is 23.8 Å². The van der Waals surface area contributed by atoms with Crippen molar-refractivity contribution in [2.45, 2.75) is 0 Å². The smallest absolute Gasteiger partial charge is 0.275 e. The van der Waals surface area contributed by atoms with Crippen molar-refractivity contribution in [2.24, 2.45) is 4.99 Å². The predicted molar refractivity (Wildman–Crippen MR) is 82.2 cm³/mol. The number of non-ortho nitro benzene ring substituents is 1. The number of carbonyl (C=O) groups excluding carboxylic acids is 1. The summed E-state index contributed by atoms with van der Waals surface area (Å²) in [5.74, 6) is 0.205. The van der Waals surface area contributed by atoms with Crippen molar-refractivity contribution in [3.63, 3.8) is 0 Å². The number of aliphatic imine (C=N–C) groups is 1. The van der Waals surface area contributed by atoms with Gasteiger partial charge in [0.2, 0.25) is 0 Å². The van der Waals surface area contributed by atoms with E-state index in [9.17, 15) is 14.9 Å². The number of nitro benzene ring substituents is 1. The molecule has 3 rings (SSSR count). The average molecular weight is 293 g/mol. The summed E-state index contributed by atoms with van der Waals surface area (Å²) < 4.78 is 0. The molecule has 1 amide bonds. The maximum atomic E-state index is 11.9. The Kier molecular flexibility index (Phi) is 3.49. The van der Waals surface area contributed by atoms with Crippen molar-refractivity contribution in [1.29, 1.82) is 0 Å². The monoisotopic (exact) mass is 293 g/mol. The molecule has 0 aromatic heterocycles. The summed E-state index contributed by atoms with van der Waals surface area (Å²) in [5, 5.41) is 13.3. The molecule has 1 heterocycles. The van der Waals surface area contributed by atoms with Crippen LogP contribution in [0.1, 0.15) is 11.1 Å². The fourth-order valence-corrected chi connectivity index (χ4v) is 2.05. The molecule has 0 unspecified atom stereocenters. The molecule has 0 saturated heterocycles. The van der Waals surface area contributed by atoms with Crippen LogP contribution in [0.15, 0.2) is 65.3 Å². The summed E-state index contributed by atoms with van der Waals surface area (Å²) >= 11 is 0. The lowest BCUT2D eigenvalue weighted by atomic mass is 10.2. The maximum Gasteiger partial charge on any atom is 0.275 e. The van der Waals surface area contributed by atoms with Crippen molar-refractivity contribution in [3.8, 4) is 0 Å². The molecule has 0 saturated carbocycles. The van der Waals surface area contributed by atoms with Gasteiger partial charge in [0.05, 0.1) is 4.92 Å². The largest absolute Gasteiger partial charge is 0.305 e. The fraction of sp³-hybridized carbons (Fsp3) is 0. The number of nitrogens with one attached hydrogen (secondary N) is 1. The lowest BCUT2D eigenvalue weighted by molar-refractivity contribution is -0.384. The summed E-state index contributed by atoms with van der Waals surface area (Å²) in [6, 6.07) is 15.3. The van der Waals surface area contributed by atoms with Gasteiger partial charge in [-0.25, -0.2) is 4.99 Å². The number of amides is 1. The van der Waals surface area contributed by atoms with Crippen molar-refractivity contribution in [1.82, 2.24) is 5.32 Å². The normalized spacial score (nSPS) is 15.5. The lowest BCUT2D eigenvalue weighted by Crippen LogP contribution is -2.24. The maximum absolute atomic E-state index is 11.9. The van der Waals surface area contributed by atoms with E-state index >= 15 is 0 Å². The molecule has 0 spiro atoms. The Morgan fingerprint density at radius 2 is 1.73 bits per heavy atom. The first-order valence-corrected chi connectivity index (χ1v) is 6.55. The first-order valence-electron chi connectivity index (χ1n) is 6.55. The number of rotatable bonds is 3. The van der Waals surface area contributed by atoms with E-state index in [1.54, 1.807) is 18.2 Å². The summed E-state index contributed by atoms with van der Waals surface area (Å²) in [7, 11) is 0. The van der Waals surface area contributed by atoms with Gasteiger partial charge >= 0.3 is 0 Å². The van der Waals surface area contributed by atoms with Crippen molar-refractivity contribution in [3.05, 3.63) is 81.5 Å². The van der Waals surface area contributed by atoms with Crippen molar-refractivity contribution >= 4 is 23.5 Å². The minimum absolute atomic E-state index is 0.00602. The van der Waals surface area contributed by atoms with Gasteiger partial charge in [-0.15, -0.1) is 0 Å². The molecular formula is C16H11N3O3. The zero-order valence-electron chi connectivity index (χ0n) is 11.4. The zero-order valence-corrected chi connectivity index (χ0v) is 11.4. The minimum Gasteiger partial charge on any atom is -0.305 e. The van der Waals surface area contributed by atoms with Gasteiger partial charge in [0.15, 0.2) is 0 Å². The van der Waals surface area contributed by atoms with Gasteiger partial charge in [-0.2, -0.15) is 0 Å². The number of hydrogen-bond acceptors (Lipinski definition) is 4. The molecule has 108 valence electrons. The fourth-order valence-electron chi connectivity index (χ4n) is 2.05. The average Bonchev–Trinajstić information content (AvgIpc) is 2.90. The molecular weight excluding hydrogens is 282 g/mol. The van der Waals surface area contributed by atoms with Gasteiger partial charge < -0.3 is 5.32 Å². The summed E-state index contributed by atoms with van der Waals surface area (Å²) in [6.45, 7) is 0. The minimum atomic E-state index is -0.467. The van der Waals surface area contributed by atoms with E-state index in [1.807, 2.05) is 30.3 Å². The van der Waals surface area contributed by atoms with E-state index in [0.717, 1.165) is 5.56 Å². The highest BCUT2D eigenvalue weighted by Gasteiger charge is 2.20. The third kappa shape index (κ3) is 2.76. The van der Waals surface area contributed by atoms with Crippen LogP contribution in [0.4, 0.5) is 5.69 Å². The Bertz CT molecular complexity index is 793. The number of benzene rings is 2. The molecule has 1 N–H and O–H groups in total. The van der Waals surface area contributed by atoms with Crippen molar-refractivity contribution < 1.29 is 9.72 Å². The standard InChI is InChI=1S/C16H11N3O3/c20-16-14(10-11-6-8-13(9-7-11)19(21)22)17-15(18-16)12-4-2-1-3-5-12/h1-10H,(H,17,18,20)/b14-10-. The molecule has 1 aliphatic heterocycles. The quantitative estimate of drug-likeness (QED) is 0.536. The second-order valence-corrected chi connectivity index (χ2v) is 4.66. The molecule has 0 aliphatic carbocycles. The Morgan fingerprint density at radius 3 is 2.36 bits per heavy atom. The van der Waals surface area contributed by atoms with Gasteiger partial charge in [0.1, 0.15) is 11.5 Å². The van der Waals surface area contributed by atoms with E-state index < -0.39 is 4.92 Å². The molecule has 6 heteroatoms. The molecule has 0 radical (unpaired) electrons. The number of nitrogens with zero attached hydrogens (tertiary/aromatic N) is 2. The highest BCUT2D eigenvalue weighted by atomic mass is 16.6. The Balaban J connectivity index is 1.89. The first kappa shape index (κ1) is 13.7. The van der Waals surface area contributed by atoms with Crippen LogP contribution in [0.3, 0.4) is 0 Å². The van der Waals surface area contributed by atoms with Gasteiger partial charge in [-0.1, -0.05) is 30.3 Å². The van der Waals surface area contributed by atoms with Gasteiger partial charge in [0, 0.05) is 17.7 Å². The Labute approximate surface area is 126 Å². The molecule has 2 aromatic rings. The van der Waals surface area contributed by atoms with Crippen LogP contribution in [0.2, 0.25) is 0 Å². The number of nitro groups is 1. The van der Waals surface area contributed by atoms with Crippen LogP contribution >= 0.6 is 0 Å². The zero-order chi connectivity index (χ0) is 15.5. The van der Waals surface area contributed by atoms with Crippen LogP contribution in [-0.4, -0.2) is 16.7 Å². The van der Waals surface area contributed by atoms with E-state index in [1.165, 1.54) is 12.1 Å². The summed E-state index contributed by atoms with van der Waals surface area (Å²) in [5.41, 5.74) is 1.77. The SMILES string of the molecule is O=C1NC(c2ccccc2)=N/C1=C\c1ccc([N+](=O)[O-])cc1. The molecule has 6 nitrogen and oxygen atoms in total. The van der Waals surface area contributed by atoms with Gasteiger partial charge in [-0.3, -0.25) is 14.9 Å². The first-order chi connectivity index (χ1) is 10.6. The predicted octanol–water partition coefficient (Wildman–Crippen LogP) is 2.51. The van der Waals surface area contributed by atoms with Crippen LogP contribution in [0, 0.1) is 10.1 Å². The highest BCUT2D eigenvalue weighted by molar-refractivity contribution is 6.19. The molecule has 0 atom stereocenters. The Hall–Kier alpha value is -3.28. The number of carbonyl (C=O) groups is 1. The van der Waals surface area contributed by atoms with Crippen molar-refractivity contribution in [2.75, 3.05) is 0 Å². The van der Waals surface area contributed by atoms with E-state index in [0.29, 0.717) is 11.4 Å². The van der Waals surface area contributed by atoms with E-state index in [2.05, 4.69) is 10.3 Å². The third-order valence-corrected chi connectivity index (χ3v) is 3.15. The van der Waals surface area contributed by atoms with Crippen LogP contribution in [0.25, 0.3) is 6.08 Å². The Morgan fingerprint density at radius 1 is 1.05 bits per heavy atom. The third-order valence-electron chi connectivity index (χ3n) is 3.15. The van der Waals surface area contributed by atoms with Crippen LogP contribution < -0.4 is 5.32 Å². The highest BCUT2D eigenvalue weighted by Crippen LogP contribution is 2.17. The summed E-state index contributed by atoms with van der Waals surface area (Å²) in [4.78, 5) is 26.4. The second kappa shape index (κ2) is 5.61. The summed E-state index contributed by atoms with van der Waals surface area (Å²) in [6.07, 6.45) is 1.59. The van der Waals surface area contributed by atoms with Gasteiger partial charge in [0.25, 0.3) is 11.6 Å².